The second-order valence-electron chi connectivity index (χ2n) is 2.68. The molecule has 1 aliphatic heterocycles. The molecule has 1 fully saturated rings. The Balaban J connectivity index is 0.000000386. The van der Waals surface area contributed by atoms with Gasteiger partial charge < -0.3 is 10.5 Å². The third kappa shape index (κ3) is 4.09. The molecule has 1 aromatic rings. The molecule has 0 aliphatic carbocycles. The van der Waals surface area contributed by atoms with Gasteiger partial charge in [-0.15, -0.1) is 4.91 Å². The summed E-state index contributed by atoms with van der Waals surface area (Å²) < 4.78 is 0. The van der Waals surface area contributed by atoms with Crippen LogP contribution in [0.15, 0.2) is 40.7 Å². The van der Waals surface area contributed by atoms with E-state index in [1.54, 1.807) is 0 Å². The number of para-hydroxylation sites is 1. The van der Waals surface area contributed by atoms with Crippen molar-refractivity contribution in [3.8, 4) is 0 Å². The number of carbonyl (C=O) groups excluding carboxylic acids is 1. The summed E-state index contributed by atoms with van der Waals surface area (Å²) in [7, 11) is 0. The van der Waals surface area contributed by atoms with Crippen molar-refractivity contribution >= 4 is 28.5 Å². The quantitative estimate of drug-likeness (QED) is 0.581. The van der Waals surface area contributed by atoms with Crippen LogP contribution in [-0.4, -0.2) is 22.0 Å². The lowest BCUT2D eigenvalue weighted by molar-refractivity contribution is 0.265. The molecule has 1 heterocycles. The van der Waals surface area contributed by atoms with Crippen LogP contribution in [0.25, 0.3) is 0 Å². The summed E-state index contributed by atoms with van der Waals surface area (Å²) in [4.78, 5) is 23.2. The molecule has 0 radical (unpaired) electrons. The summed E-state index contributed by atoms with van der Waals surface area (Å²) in [6.45, 7) is 0. The maximum Gasteiger partial charge on any atom is 0.284 e. The van der Waals surface area contributed by atoms with Gasteiger partial charge >= 0.3 is 0 Å². The van der Waals surface area contributed by atoms with Crippen LogP contribution in [0, 0.1) is 4.91 Å². The van der Waals surface area contributed by atoms with Crippen molar-refractivity contribution in [2.24, 2.45) is 10.3 Å². The van der Waals surface area contributed by atoms with Crippen LogP contribution >= 0.6 is 11.8 Å². The summed E-state index contributed by atoms with van der Waals surface area (Å²) in [6.07, 6.45) is 0. The lowest BCUT2D eigenvalue weighted by Crippen LogP contribution is -2.18. The number of benzene rings is 1. The van der Waals surface area contributed by atoms with Crippen molar-refractivity contribution in [3.05, 3.63) is 35.2 Å². The molecule has 2 N–H and O–H groups in total. The summed E-state index contributed by atoms with van der Waals surface area (Å²) in [6, 6.07) is 9.59. The molecule has 1 amide bonds. The van der Waals surface area contributed by atoms with E-state index in [2.05, 4.69) is 10.3 Å². The first-order chi connectivity index (χ1) is 7.76. The monoisotopic (exact) mass is 239 g/mol. The SMILES string of the molecule is O=C1NC(=Nc2ccccc2)CS1.O=NO. The molecular weight excluding hydrogens is 230 g/mol. The molecule has 2 rings (SSSR count). The highest BCUT2D eigenvalue weighted by molar-refractivity contribution is 8.14. The lowest BCUT2D eigenvalue weighted by atomic mass is 10.3. The Bertz CT molecular complexity index is 394. The van der Waals surface area contributed by atoms with Gasteiger partial charge in [0.15, 0.2) is 5.34 Å². The second kappa shape index (κ2) is 6.57. The normalized spacial score (nSPS) is 16.2. The van der Waals surface area contributed by atoms with Gasteiger partial charge in [0.1, 0.15) is 5.84 Å². The zero-order chi connectivity index (χ0) is 11.8. The molecule has 7 heteroatoms. The number of nitrogens with zero attached hydrogens (tertiary/aromatic N) is 2. The van der Waals surface area contributed by atoms with Crippen molar-refractivity contribution in [3.63, 3.8) is 0 Å². The summed E-state index contributed by atoms with van der Waals surface area (Å²) in [5.74, 6) is 1.38. The largest absolute Gasteiger partial charge is 0.379 e. The Morgan fingerprint density at radius 3 is 2.44 bits per heavy atom. The third-order valence-corrected chi connectivity index (χ3v) is 2.39. The first kappa shape index (κ1) is 12.2. The highest BCUT2D eigenvalue weighted by atomic mass is 32.2. The number of hydrogen-bond donors (Lipinski definition) is 2. The smallest absolute Gasteiger partial charge is 0.284 e. The van der Waals surface area contributed by atoms with E-state index in [4.69, 9.17) is 10.1 Å². The molecule has 0 spiro atoms. The molecule has 6 nitrogen and oxygen atoms in total. The van der Waals surface area contributed by atoms with E-state index >= 15 is 0 Å². The van der Waals surface area contributed by atoms with Crippen LogP contribution in [0.3, 0.4) is 0 Å². The van der Waals surface area contributed by atoms with Crippen molar-refractivity contribution in [1.82, 2.24) is 5.32 Å². The van der Waals surface area contributed by atoms with Crippen LogP contribution in [0.5, 0.6) is 0 Å². The standard InChI is InChI=1S/C9H8N2OS.HNO2/c12-9-11-8(6-13-9)10-7-4-2-1-3-5-7;2-1-3/h1-5H,6H2,(H,10,11,12);(H,2,3). The van der Waals surface area contributed by atoms with E-state index in [0.717, 1.165) is 11.5 Å². The van der Waals surface area contributed by atoms with Crippen molar-refractivity contribution < 1.29 is 10.0 Å². The molecule has 1 aliphatic rings. The number of thioether (sulfide) groups is 1. The minimum absolute atomic E-state index is 0.0188. The summed E-state index contributed by atoms with van der Waals surface area (Å²) >= 11 is 1.24. The fourth-order valence-electron chi connectivity index (χ4n) is 1.04. The lowest BCUT2D eigenvalue weighted by Gasteiger charge is -1.95. The number of aliphatic imine (C=N–C) groups is 1. The Morgan fingerprint density at radius 2 is 1.94 bits per heavy atom. The van der Waals surface area contributed by atoms with Gasteiger partial charge in [-0.3, -0.25) is 4.79 Å². The van der Waals surface area contributed by atoms with E-state index in [1.165, 1.54) is 17.1 Å². The van der Waals surface area contributed by atoms with Crippen LogP contribution < -0.4 is 5.32 Å². The van der Waals surface area contributed by atoms with Crippen LogP contribution in [-0.2, 0) is 0 Å². The number of amidine groups is 1. The van der Waals surface area contributed by atoms with Gasteiger partial charge in [0.25, 0.3) is 5.24 Å². The Morgan fingerprint density at radius 1 is 1.31 bits per heavy atom. The minimum Gasteiger partial charge on any atom is -0.379 e. The van der Waals surface area contributed by atoms with Crippen LogP contribution in [0.1, 0.15) is 0 Å². The first-order valence-corrected chi connectivity index (χ1v) is 5.28. The molecule has 0 saturated carbocycles. The molecule has 16 heavy (non-hydrogen) atoms. The van der Waals surface area contributed by atoms with E-state index in [9.17, 15) is 4.79 Å². The molecule has 0 aromatic heterocycles. The zero-order valence-corrected chi connectivity index (χ0v) is 8.98. The van der Waals surface area contributed by atoms with Gasteiger partial charge in [0, 0.05) is 0 Å². The van der Waals surface area contributed by atoms with E-state index in [0.29, 0.717) is 5.75 Å². The third-order valence-electron chi connectivity index (χ3n) is 1.61. The van der Waals surface area contributed by atoms with Crippen molar-refractivity contribution in [2.45, 2.75) is 0 Å². The van der Waals surface area contributed by atoms with Gasteiger partial charge in [0.2, 0.25) is 0 Å². The Kier molecular flexibility index (Phi) is 5.00. The number of rotatable bonds is 1. The van der Waals surface area contributed by atoms with Crippen molar-refractivity contribution in [2.75, 3.05) is 5.75 Å². The average molecular weight is 239 g/mol. The highest BCUT2D eigenvalue weighted by Gasteiger charge is 2.15. The molecule has 84 valence electrons. The van der Waals surface area contributed by atoms with Crippen molar-refractivity contribution in [1.29, 1.82) is 0 Å². The predicted octanol–water partition coefficient (Wildman–Crippen LogP) is 2.31. The summed E-state index contributed by atoms with van der Waals surface area (Å²) in [5, 5.41) is 10.5. The topological polar surface area (TPSA) is 91.1 Å². The Hall–Kier alpha value is -1.89. The fourth-order valence-corrected chi connectivity index (χ4v) is 1.64. The number of hydrogen-bond acceptors (Lipinski definition) is 5. The maximum atomic E-state index is 10.8. The molecule has 1 aromatic carbocycles. The number of nitrogens with one attached hydrogen (secondary N) is 1. The molecule has 0 unspecified atom stereocenters. The zero-order valence-electron chi connectivity index (χ0n) is 8.16. The van der Waals surface area contributed by atoms with Gasteiger partial charge in [-0.2, -0.15) is 0 Å². The number of amides is 1. The summed E-state index contributed by atoms with van der Waals surface area (Å²) in [5.41, 5.74) is 0.875. The minimum atomic E-state index is -0.0188. The van der Waals surface area contributed by atoms with Gasteiger partial charge in [0.05, 0.1) is 11.4 Å². The van der Waals surface area contributed by atoms with Gasteiger partial charge in [-0.1, -0.05) is 30.0 Å². The van der Waals surface area contributed by atoms with Crippen LogP contribution in [0.2, 0.25) is 0 Å². The van der Waals surface area contributed by atoms with Gasteiger partial charge in [-0.25, -0.2) is 4.99 Å². The predicted molar refractivity (Wildman–Crippen MR) is 62.1 cm³/mol. The van der Waals surface area contributed by atoms with E-state index in [1.807, 2.05) is 30.3 Å². The van der Waals surface area contributed by atoms with E-state index in [-0.39, 0.29) is 5.24 Å². The van der Waals surface area contributed by atoms with Gasteiger partial charge in [-0.05, 0) is 12.1 Å². The number of carbonyl (C=O) groups is 1. The molecule has 1 saturated heterocycles. The molecular formula is C9H9N3O3S. The molecule has 0 bridgehead atoms. The van der Waals surface area contributed by atoms with Crippen LogP contribution in [0.4, 0.5) is 10.5 Å². The average Bonchev–Trinajstić information content (AvgIpc) is 2.67. The van der Waals surface area contributed by atoms with E-state index < -0.39 is 0 Å². The Labute approximate surface area is 95.7 Å². The first-order valence-electron chi connectivity index (χ1n) is 4.29. The highest BCUT2D eigenvalue weighted by Crippen LogP contribution is 2.15. The second-order valence-corrected chi connectivity index (χ2v) is 3.62. The fraction of sp³-hybridized carbons (Fsp3) is 0.111. The molecule has 0 atom stereocenters. The maximum absolute atomic E-state index is 10.8.